The number of halogens is 1. The first kappa shape index (κ1) is 14.9. The zero-order chi connectivity index (χ0) is 11.3. The normalized spacial score (nSPS) is 13.6. The summed E-state index contributed by atoms with van der Waals surface area (Å²) in [6.07, 6.45) is 1.32. The summed E-state index contributed by atoms with van der Waals surface area (Å²) in [5.74, 6) is -1.07. The van der Waals surface area contributed by atoms with Gasteiger partial charge in [0.05, 0.1) is 5.92 Å². The molecule has 4 heteroatoms. The van der Waals surface area contributed by atoms with Crippen LogP contribution in [0.2, 0.25) is 0 Å². The highest BCUT2D eigenvalue weighted by molar-refractivity contribution is 5.85. The molecule has 2 atom stereocenters. The largest absolute Gasteiger partial charge is 0.481 e. The van der Waals surface area contributed by atoms with Crippen LogP contribution >= 0.6 is 12.4 Å². The monoisotopic (exact) mass is 243 g/mol. The van der Waals surface area contributed by atoms with Gasteiger partial charge in [-0.15, -0.1) is 12.4 Å². The topological polar surface area (TPSA) is 63.3 Å². The second kappa shape index (κ2) is 7.25. The van der Waals surface area contributed by atoms with Crippen LogP contribution in [-0.4, -0.2) is 11.1 Å². The van der Waals surface area contributed by atoms with Crippen molar-refractivity contribution in [2.45, 2.75) is 25.8 Å². The third kappa shape index (κ3) is 4.64. The Morgan fingerprint density at radius 2 is 1.88 bits per heavy atom. The van der Waals surface area contributed by atoms with Crippen molar-refractivity contribution in [2.75, 3.05) is 0 Å². The molecule has 0 saturated carbocycles. The molecule has 90 valence electrons. The van der Waals surface area contributed by atoms with Gasteiger partial charge in [-0.2, -0.15) is 0 Å². The van der Waals surface area contributed by atoms with Crippen molar-refractivity contribution in [1.29, 1.82) is 0 Å². The average Bonchev–Trinajstić information content (AvgIpc) is 2.26. The van der Waals surface area contributed by atoms with Crippen LogP contribution in [0.15, 0.2) is 30.3 Å². The van der Waals surface area contributed by atoms with E-state index < -0.39 is 5.97 Å². The summed E-state index contributed by atoms with van der Waals surface area (Å²) in [5, 5.41) is 8.72. The summed E-state index contributed by atoms with van der Waals surface area (Å²) in [4.78, 5) is 10.6. The van der Waals surface area contributed by atoms with Crippen LogP contribution < -0.4 is 5.73 Å². The fourth-order valence-corrected chi connectivity index (χ4v) is 1.42. The van der Waals surface area contributed by atoms with Gasteiger partial charge in [-0.25, -0.2) is 0 Å². The zero-order valence-corrected chi connectivity index (χ0v) is 10.1. The molecule has 0 aliphatic heterocycles. The Hall–Kier alpha value is -1.06. The van der Waals surface area contributed by atoms with E-state index in [0.29, 0.717) is 12.8 Å². The summed E-state index contributed by atoms with van der Waals surface area (Å²) in [5.41, 5.74) is 7.02. The molecule has 0 radical (unpaired) electrons. The van der Waals surface area contributed by atoms with E-state index in [1.807, 2.05) is 30.3 Å². The Morgan fingerprint density at radius 3 is 2.38 bits per heavy atom. The van der Waals surface area contributed by atoms with Gasteiger partial charge < -0.3 is 10.8 Å². The maximum absolute atomic E-state index is 10.6. The molecule has 2 unspecified atom stereocenters. The van der Waals surface area contributed by atoms with Gasteiger partial charge in [-0.1, -0.05) is 37.3 Å². The molecule has 0 aromatic heterocycles. The smallest absolute Gasteiger partial charge is 0.306 e. The lowest BCUT2D eigenvalue weighted by atomic mass is 9.97. The van der Waals surface area contributed by atoms with Crippen LogP contribution in [0.4, 0.5) is 0 Å². The van der Waals surface area contributed by atoms with Crippen molar-refractivity contribution in [3.05, 3.63) is 35.9 Å². The molecule has 1 aromatic carbocycles. The van der Waals surface area contributed by atoms with Gasteiger partial charge in [0.25, 0.3) is 0 Å². The molecule has 0 spiro atoms. The van der Waals surface area contributed by atoms with Crippen LogP contribution in [-0.2, 0) is 4.79 Å². The number of hydrogen-bond acceptors (Lipinski definition) is 2. The first-order valence-electron chi connectivity index (χ1n) is 5.14. The van der Waals surface area contributed by atoms with Crippen LogP contribution in [0.3, 0.4) is 0 Å². The summed E-state index contributed by atoms with van der Waals surface area (Å²) < 4.78 is 0. The number of hydrogen-bond donors (Lipinski definition) is 2. The quantitative estimate of drug-likeness (QED) is 0.836. The predicted molar refractivity (Wildman–Crippen MR) is 66.7 cm³/mol. The molecule has 1 rings (SSSR count). The van der Waals surface area contributed by atoms with Crippen LogP contribution in [0, 0.1) is 5.92 Å². The maximum Gasteiger partial charge on any atom is 0.306 e. The molecule has 3 nitrogen and oxygen atoms in total. The molecule has 0 aliphatic carbocycles. The minimum absolute atomic E-state index is 0. The number of carbonyl (C=O) groups is 1. The molecule has 16 heavy (non-hydrogen) atoms. The van der Waals surface area contributed by atoms with Crippen molar-refractivity contribution in [2.24, 2.45) is 11.7 Å². The Bertz CT molecular complexity index is 316. The second-order valence-corrected chi connectivity index (χ2v) is 3.83. The lowest BCUT2D eigenvalue weighted by Crippen LogP contribution is -2.15. The van der Waals surface area contributed by atoms with Crippen LogP contribution in [0.25, 0.3) is 0 Å². The van der Waals surface area contributed by atoms with E-state index in [-0.39, 0.29) is 24.4 Å². The van der Waals surface area contributed by atoms with Crippen molar-refractivity contribution in [3.63, 3.8) is 0 Å². The van der Waals surface area contributed by atoms with Crippen molar-refractivity contribution in [1.82, 2.24) is 0 Å². The summed E-state index contributed by atoms with van der Waals surface area (Å²) in [7, 11) is 0. The van der Waals surface area contributed by atoms with E-state index in [2.05, 4.69) is 0 Å². The minimum atomic E-state index is -0.754. The molecule has 3 N–H and O–H groups in total. The molecule has 0 aliphatic rings. The maximum atomic E-state index is 10.6. The molecular formula is C12H18ClNO2. The lowest BCUT2D eigenvalue weighted by molar-refractivity contribution is -0.141. The fourth-order valence-electron chi connectivity index (χ4n) is 1.42. The lowest BCUT2D eigenvalue weighted by Gasteiger charge is -2.13. The molecule has 0 saturated heterocycles. The number of benzene rings is 1. The number of carboxylic acid groups (broad SMARTS) is 1. The molecule has 0 heterocycles. The van der Waals surface area contributed by atoms with Gasteiger partial charge >= 0.3 is 5.97 Å². The number of aliphatic carboxylic acids is 1. The van der Waals surface area contributed by atoms with Gasteiger partial charge in [-0.3, -0.25) is 4.79 Å². The predicted octanol–water partition coefficient (Wildman–Crippen LogP) is 2.61. The highest BCUT2D eigenvalue weighted by Gasteiger charge is 2.13. The number of carboxylic acids is 1. The molecular weight excluding hydrogens is 226 g/mol. The first-order chi connectivity index (χ1) is 7.11. The summed E-state index contributed by atoms with van der Waals surface area (Å²) in [6, 6.07) is 9.70. The van der Waals surface area contributed by atoms with E-state index in [0.717, 1.165) is 5.56 Å². The Labute approximate surface area is 102 Å². The number of rotatable bonds is 5. The summed E-state index contributed by atoms with van der Waals surface area (Å²) in [6.45, 7) is 1.71. The van der Waals surface area contributed by atoms with Gasteiger partial charge in [-0.05, 0) is 18.4 Å². The van der Waals surface area contributed by atoms with Crippen molar-refractivity contribution in [3.8, 4) is 0 Å². The fraction of sp³-hybridized carbons (Fsp3) is 0.417. The van der Waals surface area contributed by atoms with E-state index in [1.54, 1.807) is 6.92 Å². The zero-order valence-electron chi connectivity index (χ0n) is 9.30. The Balaban J connectivity index is 0.00000225. The van der Waals surface area contributed by atoms with Crippen molar-refractivity contribution >= 4 is 18.4 Å². The van der Waals surface area contributed by atoms with Crippen LogP contribution in [0.5, 0.6) is 0 Å². The highest BCUT2D eigenvalue weighted by Crippen LogP contribution is 2.18. The van der Waals surface area contributed by atoms with Crippen LogP contribution in [0.1, 0.15) is 31.4 Å². The van der Waals surface area contributed by atoms with Gasteiger partial charge in [0.2, 0.25) is 0 Å². The van der Waals surface area contributed by atoms with E-state index >= 15 is 0 Å². The summed E-state index contributed by atoms with van der Waals surface area (Å²) >= 11 is 0. The minimum Gasteiger partial charge on any atom is -0.481 e. The highest BCUT2D eigenvalue weighted by atomic mass is 35.5. The van der Waals surface area contributed by atoms with E-state index in [9.17, 15) is 4.79 Å². The van der Waals surface area contributed by atoms with E-state index in [4.69, 9.17) is 10.8 Å². The molecule has 0 bridgehead atoms. The molecule has 0 amide bonds. The SMILES string of the molecule is CC(CCC(N)c1ccccc1)C(=O)O.Cl. The Kier molecular flexibility index (Phi) is 6.77. The van der Waals surface area contributed by atoms with Gasteiger partial charge in [0.15, 0.2) is 0 Å². The third-order valence-electron chi connectivity index (χ3n) is 2.56. The average molecular weight is 244 g/mol. The van der Waals surface area contributed by atoms with Gasteiger partial charge in [0, 0.05) is 6.04 Å². The van der Waals surface area contributed by atoms with E-state index in [1.165, 1.54) is 0 Å². The molecule has 1 aromatic rings. The third-order valence-corrected chi connectivity index (χ3v) is 2.56. The number of nitrogens with two attached hydrogens (primary N) is 1. The second-order valence-electron chi connectivity index (χ2n) is 3.83. The molecule has 0 fully saturated rings. The standard InChI is InChI=1S/C12H17NO2.ClH/c1-9(12(14)15)7-8-11(13)10-5-3-2-4-6-10;/h2-6,9,11H,7-8,13H2,1H3,(H,14,15);1H. The van der Waals surface area contributed by atoms with Crippen molar-refractivity contribution < 1.29 is 9.90 Å². The van der Waals surface area contributed by atoms with Gasteiger partial charge in [0.1, 0.15) is 0 Å². The Morgan fingerprint density at radius 1 is 1.31 bits per heavy atom. The first-order valence-corrected chi connectivity index (χ1v) is 5.14.